The van der Waals surface area contributed by atoms with E-state index in [0.717, 1.165) is 16.3 Å². The van der Waals surface area contributed by atoms with Crippen molar-refractivity contribution in [2.24, 2.45) is 5.10 Å². The smallest absolute Gasteiger partial charge is 0.273 e. The van der Waals surface area contributed by atoms with Gasteiger partial charge in [-0.1, -0.05) is 48.5 Å². The van der Waals surface area contributed by atoms with Crippen molar-refractivity contribution in [3.05, 3.63) is 111 Å². The summed E-state index contributed by atoms with van der Waals surface area (Å²) in [5.41, 5.74) is 4.49. The van der Waals surface area contributed by atoms with Crippen molar-refractivity contribution >= 4 is 28.6 Å². The van der Waals surface area contributed by atoms with Gasteiger partial charge < -0.3 is 9.47 Å². The third kappa shape index (κ3) is 5.27. The topological polar surface area (TPSA) is 103 Å². The molecular weight excluding hydrogens is 446 g/mol. The number of hydrogen-bond acceptors (Lipinski definition) is 6. The molecule has 0 saturated heterocycles. The normalized spacial score (nSPS) is 10.9. The van der Waals surface area contributed by atoms with Crippen LogP contribution in [0.1, 0.15) is 27.0 Å². The lowest BCUT2D eigenvalue weighted by Crippen LogP contribution is -2.19. The molecule has 8 nitrogen and oxygen atoms in total. The molecule has 0 fully saturated rings. The number of nitro groups is 1. The van der Waals surface area contributed by atoms with E-state index in [1.54, 1.807) is 25.3 Å². The van der Waals surface area contributed by atoms with Crippen molar-refractivity contribution in [1.82, 2.24) is 5.43 Å². The quantitative estimate of drug-likeness (QED) is 0.211. The number of ether oxygens (including phenoxy) is 2. The summed E-state index contributed by atoms with van der Waals surface area (Å²) >= 11 is 0. The summed E-state index contributed by atoms with van der Waals surface area (Å²) in [4.78, 5) is 23.0. The summed E-state index contributed by atoms with van der Waals surface area (Å²) in [5.74, 6) is 0.563. The van der Waals surface area contributed by atoms with Crippen molar-refractivity contribution in [1.29, 1.82) is 0 Å². The number of amides is 1. The zero-order chi connectivity index (χ0) is 24.8. The second-order valence-corrected chi connectivity index (χ2v) is 7.74. The zero-order valence-corrected chi connectivity index (χ0v) is 19.2. The van der Waals surface area contributed by atoms with Crippen molar-refractivity contribution in [3.8, 4) is 11.5 Å². The number of methoxy groups -OCH3 is 1. The maximum absolute atomic E-state index is 12.4. The van der Waals surface area contributed by atoms with Gasteiger partial charge in [-0.15, -0.1) is 0 Å². The summed E-state index contributed by atoms with van der Waals surface area (Å²) in [6.45, 7) is 1.91. The number of rotatable bonds is 8. The van der Waals surface area contributed by atoms with E-state index in [1.165, 1.54) is 31.3 Å². The van der Waals surface area contributed by atoms with E-state index < -0.39 is 10.8 Å². The summed E-state index contributed by atoms with van der Waals surface area (Å²) in [6.07, 6.45) is 1.46. The van der Waals surface area contributed by atoms with Crippen molar-refractivity contribution in [2.45, 2.75) is 13.5 Å². The second-order valence-electron chi connectivity index (χ2n) is 7.74. The van der Waals surface area contributed by atoms with E-state index in [9.17, 15) is 14.9 Å². The van der Waals surface area contributed by atoms with Gasteiger partial charge in [-0.2, -0.15) is 5.10 Å². The van der Waals surface area contributed by atoms with Crippen LogP contribution in [0.3, 0.4) is 0 Å². The number of fused-ring (bicyclic) bond motifs is 1. The second kappa shape index (κ2) is 10.5. The van der Waals surface area contributed by atoms with Crippen molar-refractivity contribution < 1.29 is 19.2 Å². The Bertz CT molecular complexity index is 1430. The Kier molecular flexibility index (Phi) is 7.02. The number of nitro benzene ring substituents is 1. The molecule has 35 heavy (non-hydrogen) atoms. The van der Waals surface area contributed by atoms with Gasteiger partial charge in [0.05, 0.1) is 23.8 Å². The first-order valence-corrected chi connectivity index (χ1v) is 10.8. The number of carbonyl (C=O) groups excluding carboxylic acids is 1. The van der Waals surface area contributed by atoms with Crippen LogP contribution in [0.2, 0.25) is 0 Å². The van der Waals surface area contributed by atoms with Gasteiger partial charge in [0.15, 0.2) is 11.5 Å². The van der Waals surface area contributed by atoms with Gasteiger partial charge >= 0.3 is 0 Å². The monoisotopic (exact) mass is 469 g/mol. The molecule has 176 valence electrons. The summed E-state index contributed by atoms with van der Waals surface area (Å²) in [7, 11) is 1.55. The molecule has 0 aliphatic carbocycles. The molecule has 0 aromatic heterocycles. The van der Waals surface area contributed by atoms with E-state index in [2.05, 4.69) is 28.7 Å². The van der Waals surface area contributed by atoms with Crippen LogP contribution < -0.4 is 14.9 Å². The first kappa shape index (κ1) is 23.4. The van der Waals surface area contributed by atoms with Gasteiger partial charge in [0.25, 0.3) is 11.6 Å². The van der Waals surface area contributed by atoms with Gasteiger partial charge in [0, 0.05) is 11.6 Å². The average Bonchev–Trinajstić information content (AvgIpc) is 2.87. The molecule has 0 aliphatic heterocycles. The van der Waals surface area contributed by atoms with Crippen molar-refractivity contribution in [2.75, 3.05) is 7.11 Å². The maximum Gasteiger partial charge on any atom is 0.273 e. The molecule has 0 atom stereocenters. The first-order chi connectivity index (χ1) is 17.0. The van der Waals surface area contributed by atoms with Crippen LogP contribution in [-0.4, -0.2) is 24.2 Å². The zero-order valence-electron chi connectivity index (χ0n) is 19.2. The fourth-order valence-corrected chi connectivity index (χ4v) is 3.75. The Morgan fingerprint density at radius 1 is 1.03 bits per heavy atom. The van der Waals surface area contributed by atoms with Crippen LogP contribution >= 0.6 is 0 Å². The molecule has 4 rings (SSSR count). The summed E-state index contributed by atoms with van der Waals surface area (Å²) in [6, 6.07) is 23.9. The predicted molar refractivity (Wildman–Crippen MR) is 134 cm³/mol. The third-order valence-electron chi connectivity index (χ3n) is 5.58. The molecule has 1 amide bonds. The van der Waals surface area contributed by atoms with Crippen LogP contribution in [0.5, 0.6) is 11.5 Å². The van der Waals surface area contributed by atoms with Gasteiger partial charge in [0.1, 0.15) is 6.61 Å². The molecule has 0 spiro atoms. The van der Waals surface area contributed by atoms with Gasteiger partial charge in [-0.05, 0) is 53.1 Å². The minimum absolute atomic E-state index is 0.120. The number of nitrogens with one attached hydrogen (secondary N) is 1. The molecular formula is C27H23N3O5. The Morgan fingerprint density at radius 3 is 2.60 bits per heavy atom. The van der Waals surface area contributed by atoms with E-state index >= 15 is 0 Å². The molecule has 0 radical (unpaired) electrons. The summed E-state index contributed by atoms with van der Waals surface area (Å²) < 4.78 is 11.5. The van der Waals surface area contributed by atoms with E-state index in [-0.39, 0.29) is 16.8 Å². The molecule has 0 saturated carbocycles. The standard InChI is InChI=1S/C27H23N3O5/c1-18-22(11-6-12-24(18)30(32)33)27(31)29-28-16-19-13-14-25(26(15-19)34-2)35-17-21-9-5-8-20-7-3-4-10-23(20)21/h3-16H,17H2,1-2H3,(H,29,31). The fourth-order valence-electron chi connectivity index (χ4n) is 3.75. The molecule has 4 aromatic carbocycles. The molecule has 0 heterocycles. The first-order valence-electron chi connectivity index (χ1n) is 10.8. The Hall–Kier alpha value is -4.72. The predicted octanol–water partition coefficient (Wildman–Crippen LogP) is 5.41. The minimum Gasteiger partial charge on any atom is -0.493 e. The molecule has 1 N–H and O–H groups in total. The number of hydrogen-bond donors (Lipinski definition) is 1. The van der Waals surface area contributed by atoms with Crippen LogP contribution in [-0.2, 0) is 6.61 Å². The van der Waals surface area contributed by atoms with Crippen LogP contribution in [0, 0.1) is 17.0 Å². The molecule has 0 aliphatic rings. The number of nitrogens with zero attached hydrogens (tertiary/aromatic N) is 2. The highest BCUT2D eigenvalue weighted by molar-refractivity contribution is 5.97. The van der Waals surface area contributed by atoms with Crippen molar-refractivity contribution in [3.63, 3.8) is 0 Å². The lowest BCUT2D eigenvalue weighted by molar-refractivity contribution is -0.385. The number of carbonyl (C=O) groups is 1. The number of hydrazone groups is 1. The lowest BCUT2D eigenvalue weighted by atomic mass is 10.1. The highest BCUT2D eigenvalue weighted by atomic mass is 16.6. The van der Waals surface area contributed by atoms with Crippen LogP contribution in [0.25, 0.3) is 10.8 Å². The van der Waals surface area contributed by atoms with E-state index in [4.69, 9.17) is 9.47 Å². The van der Waals surface area contributed by atoms with Gasteiger partial charge in [-0.3, -0.25) is 14.9 Å². The van der Waals surface area contributed by atoms with E-state index in [1.807, 2.05) is 24.3 Å². The largest absolute Gasteiger partial charge is 0.493 e. The third-order valence-corrected chi connectivity index (χ3v) is 5.58. The molecule has 8 heteroatoms. The van der Waals surface area contributed by atoms with Crippen LogP contribution in [0.15, 0.2) is 84.0 Å². The fraction of sp³-hybridized carbons (Fsp3) is 0.111. The van der Waals surface area contributed by atoms with Gasteiger partial charge in [-0.25, -0.2) is 5.43 Å². The summed E-state index contributed by atoms with van der Waals surface area (Å²) in [5, 5.41) is 17.3. The minimum atomic E-state index is -0.538. The highest BCUT2D eigenvalue weighted by Gasteiger charge is 2.17. The van der Waals surface area contributed by atoms with Crippen LogP contribution in [0.4, 0.5) is 5.69 Å². The SMILES string of the molecule is COc1cc(C=NNC(=O)c2cccc([N+](=O)[O-])c2C)ccc1OCc1cccc2ccccc12. The van der Waals surface area contributed by atoms with Gasteiger partial charge in [0.2, 0.25) is 0 Å². The highest BCUT2D eigenvalue weighted by Crippen LogP contribution is 2.29. The lowest BCUT2D eigenvalue weighted by Gasteiger charge is -2.12. The average molecular weight is 469 g/mol. The Balaban J connectivity index is 1.44. The maximum atomic E-state index is 12.4. The molecule has 4 aromatic rings. The Morgan fingerprint density at radius 2 is 1.80 bits per heavy atom. The Labute approximate surface area is 202 Å². The molecule has 0 bridgehead atoms. The molecule has 0 unspecified atom stereocenters. The number of benzene rings is 4. The van der Waals surface area contributed by atoms with E-state index in [0.29, 0.717) is 23.7 Å².